The molecule has 1 aromatic heterocycles. The van der Waals surface area contributed by atoms with Crippen LogP contribution in [-0.4, -0.2) is 91.7 Å². The molecule has 36 heavy (non-hydrogen) atoms. The number of aryl methyl sites for hydroxylation is 1. The number of piperazine rings is 1. The van der Waals surface area contributed by atoms with Crippen molar-refractivity contribution in [1.29, 1.82) is 0 Å². The van der Waals surface area contributed by atoms with Crippen LogP contribution in [0.25, 0.3) is 0 Å². The fourth-order valence-corrected chi connectivity index (χ4v) is 5.10. The number of primary amides is 1. The van der Waals surface area contributed by atoms with E-state index < -0.39 is 5.91 Å². The van der Waals surface area contributed by atoms with Crippen LogP contribution in [0, 0.1) is 0 Å². The number of hydrogen-bond donors (Lipinski definition) is 3. The Balaban J connectivity index is 1.49. The van der Waals surface area contributed by atoms with E-state index in [4.69, 9.17) is 10.5 Å². The van der Waals surface area contributed by atoms with E-state index in [9.17, 15) is 4.79 Å². The average Bonchev–Trinajstić information content (AvgIpc) is 2.89. The smallest absolute Gasteiger partial charge is 0.271 e. The highest BCUT2D eigenvalue weighted by Gasteiger charge is 2.28. The van der Waals surface area contributed by atoms with Gasteiger partial charge in [0, 0.05) is 63.6 Å². The number of methoxy groups -OCH3 is 1. The summed E-state index contributed by atoms with van der Waals surface area (Å²) in [5.41, 5.74) is 8.30. The summed E-state index contributed by atoms with van der Waals surface area (Å²) in [6.07, 6.45) is 2.95. The van der Waals surface area contributed by atoms with Gasteiger partial charge in [-0.15, -0.1) is 0 Å². The summed E-state index contributed by atoms with van der Waals surface area (Å²) in [6.45, 7) is 11.3. The van der Waals surface area contributed by atoms with Crippen LogP contribution in [0.2, 0.25) is 0 Å². The zero-order valence-corrected chi connectivity index (χ0v) is 22.0. The van der Waals surface area contributed by atoms with Gasteiger partial charge in [-0.25, -0.2) is 9.97 Å². The Morgan fingerprint density at radius 3 is 2.42 bits per heavy atom. The number of carbonyl (C=O) groups is 1. The van der Waals surface area contributed by atoms with Crippen LogP contribution < -0.4 is 26.0 Å². The van der Waals surface area contributed by atoms with E-state index in [1.54, 1.807) is 7.11 Å². The van der Waals surface area contributed by atoms with Crippen LogP contribution in [0.1, 0.15) is 42.9 Å². The van der Waals surface area contributed by atoms with Crippen molar-refractivity contribution in [2.24, 2.45) is 5.73 Å². The number of nitrogens with two attached hydrogens (primary N) is 1. The van der Waals surface area contributed by atoms with Crippen molar-refractivity contribution in [3.05, 3.63) is 29.6 Å². The Morgan fingerprint density at radius 1 is 1.08 bits per heavy atom. The molecule has 3 heterocycles. The van der Waals surface area contributed by atoms with Crippen LogP contribution in [-0.2, 0) is 6.42 Å². The molecule has 2 fully saturated rings. The standard InChI is InChI=1S/C26H40N8O2/c1-5-20-25(28-6-2)31-26(23(30-20)24(27)35)29-18-7-8-21(22(17-18)36-4)34-11-9-19(10-12-34)33-15-13-32(3)14-16-33/h7-8,17,19H,5-6,9-16H2,1-4H3,(H2,27,35)(H2,28,29,31). The number of likely N-dealkylation sites (N-methyl/N-ethyl adjacent to an activating group) is 1. The van der Waals surface area contributed by atoms with Gasteiger partial charge in [0.1, 0.15) is 11.6 Å². The molecule has 0 saturated carbocycles. The van der Waals surface area contributed by atoms with Gasteiger partial charge in [0.05, 0.1) is 18.5 Å². The number of nitrogens with one attached hydrogen (secondary N) is 2. The van der Waals surface area contributed by atoms with E-state index in [1.165, 1.54) is 0 Å². The number of amides is 1. The number of aromatic nitrogens is 2. The maximum absolute atomic E-state index is 12.1. The summed E-state index contributed by atoms with van der Waals surface area (Å²) in [5.74, 6) is 1.15. The predicted octanol–water partition coefficient (Wildman–Crippen LogP) is 2.54. The number of anilines is 4. The Labute approximate surface area is 214 Å². The van der Waals surface area contributed by atoms with Crippen molar-refractivity contribution in [3.8, 4) is 5.75 Å². The van der Waals surface area contributed by atoms with Gasteiger partial charge in [0.2, 0.25) is 0 Å². The Bertz CT molecular complexity index is 1050. The second kappa shape index (κ2) is 11.7. The maximum atomic E-state index is 12.1. The van der Waals surface area contributed by atoms with Gasteiger partial charge in [0.15, 0.2) is 11.5 Å². The first kappa shape index (κ1) is 26.0. The molecule has 2 saturated heterocycles. The molecule has 2 aliphatic heterocycles. The number of carbonyl (C=O) groups excluding carboxylic acids is 1. The molecule has 0 unspecified atom stereocenters. The van der Waals surface area contributed by atoms with E-state index in [0.717, 1.165) is 69.2 Å². The molecule has 0 atom stereocenters. The third-order valence-corrected chi connectivity index (χ3v) is 7.18. The highest BCUT2D eigenvalue weighted by atomic mass is 16.5. The molecule has 1 amide bonds. The van der Waals surface area contributed by atoms with E-state index in [1.807, 2.05) is 26.0 Å². The first-order chi connectivity index (χ1) is 17.4. The quantitative estimate of drug-likeness (QED) is 0.482. The minimum atomic E-state index is -0.616. The van der Waals surface area contributed by atoms with Crippen molar-refractivity contribution < 1.29 is 9.53 Å². The van der Waals surface area contributed by atoms with Crippen molar-refractivity contribution in [3.63, 3.8) is 0 Å². The molecule has 10 nitrogen and oxygen atoms in total. The largest absolute Gasteiger partial charge is 0.495 e. The summed E-state index contributed by atoms with van der Waals surface area (Å²) >= 11 is 0. The van der Waals surface area contributed by atoms with E-state index in [2.05, 4.69) is 48.4 Å². The Hall–Kier alpha value is -3.11. The molecule has 4 N–H and O–H groups in total. The number of ether oxygens (including phenoxy) is 1. The zero-order chi connectivity index (χ0) is 25.7. The molecule has 2 aliphatic rings. The molecular weight excluding hydrogens is 456 g/mol. The highest BCUT2D eigenvalue weighted by molar-refractivity contribution is 5.96. The van der Waals surface area contributed by atoms with Gasteiger partial charge < -0.3 is 30.9 Å². The molecule has 0 radical (unpaired) electrons. The topological polar surface area (TPSA) is 112 Å². The maximum Gasteiger partial charge on any atom is 0.271 e. The third kappa shape index (κ3) is 5.82. The molecule has 196 valence electrons. The summed E-state index contributed by atoms with van der Waals surface area (Å²) in [7, 11) is 3.89. The molecule has 4 rings (SSSR count). The first-order valence-electron chi connectivity index (χ1n) is 13.0. The Morgan fingerprint density at radius 2 is 1.81 bits per heavy atom. The molecule has 0 aliphatic carbocycles. The molecule has 1 aromatic carbocycles. The van der Waals surface area contributed by atoms with Gasteiger partial charge in [-0.1, -0.05) is 6.92 Å². The van der Waals surface area contributed by atoms with Crippen molar-refractivity contribution in [2.45, 2.75) is 39.2 Å². The van der Waals surface area contributed by atoms with Crippen LogP contribution in [0.3, 0.4) is 0 Å². The number of rotatable bonds is 9. The number of hydrogen-bond acceptors (Lipinski definition) is 9. The SMILES string of the molecule is CCNc1nc(Nc2ccc(N3CCC(N4CCN(C)CC4)CC3)c(OC)c2)c(C(N)=O)nc1CC. The van der Waals surface area contributed by atoms with Gasteiger partial charge in [-0.05, 0) is 45.4 Å². The molecular formula is C26H40N8O2. The summed E-state index contributed by atoms with van der Waals surface area (Å²) < 4.78 is 5.77. The first-order valence-corrected chi connectivity index (χ1v) is 13.0. The van der Waals surface area contributed by atoms with E-state index in [-0.39, 0.29) is 5.69 Å². The van der Waals surface area contributed by atoms with Gasteiger partial charge in [-0.3, -0.25) is 9.69 Å². The lowest BCUT2D eigenvalue weighted by Gasteiger charge is -2.42. The van der Waals surface area contributed by atoms with Crippen LogP contribution in [0.15, 0.2) is 18.2 Å². The minimum absolute atomic E-state index is 0.127. The molecule has 10 heteroatoms. The summed E-state index contributed by atoms with van der Waals surface area (Å²) in [6, 6.07) is 6.65. The lowest BCUT2D eigenvalue weighted by molar-refractivity contribution is 0.0981. The predicted molar refractivity (Wildman–Crippen MR) is 145 cm³/mol. The van der Waals surface area contributed by atoms with Crippen LogP contribution in [0.5, 0.6) is 5.75 Å². The fraction of sp³-hybridized carbons (Fsp3) is 0.577. The van der Waals surface area contributed by atoms with E-state index in [0.29, 0.717) is 36.3 Å². The van der Waals surface area contributed by atoms with Crippen molar-refractivity contribution >= 4 is 28.9 Å². The zero-order valence-electron chi connectivity index (χ0n) is 22.0. The lowest BCUT2D eigenvalue weighted by Crippen LogP contribution is -2.52. The highest BCUT2D eigenvalue weighted by Crippen LogP contribution is 2.35. The molecule has 0 bridgehead atoms. The monoisotopic (exact) mass is 496 g/mol. The van der Waals surface area contributed by atoms with Gasteiger partial charge >= 0.3 is 0 Å². The minimum Gasteiger partial charge on any atom is -0.495 e. The molecule has 2 aromatic rings. The molecule has 0 spiro atoms. The second-order valence-electron chi connectivity index (χ2n) is 9.53. The van der Waals surface area contributed by atoms with Gasteiger partial charge in [-0.2, -0.15) is 0 Å². The number of benzene rings is 1. The summed E-state index contributed by atoms with van der Waals surface area (Å²) in [5, 5.41) is 6.46. The van der Waals surface area contributed by atoms with Crippen molar-refractivity contribution in [2.75, 3.05) is 75.5 Å². The fourth-order valence-electron chi connectivity index (χ4n) is 5.10. The Kier molecular flexibility index (Phi) is 8.48. The van der Waals surface area contributed by atoms with Crippen LogP contribution >= 0.6 is 0 Å². The van der Waals surface area contributed by atoms with E-state index >= 15 is 0 Å². The lowest BCUT2D eigenvalue weighted by atomic mass is 10.0. The average molecular weight is 497 g/mol. The normalized spacial score (nSPS) is 17.7. The number of piperidine rings is 1. The van der Waals surface area contributed by atoms with Crippen molar-refractivity contribution in [1.82, 2.24) is 19.8 Å². The summed E-state index contributed by atoms with van der Waals surface area (Å²) in [4.78, 5) is 28.7. The second-order valence-corrected chi connectivity index (χ2v) is 9.53. The van der Waals surface area contributed by atoms with Gasteiger partial charge in [0.25, 0.3) is 5.91 Å². The third-order valence-electron chi connectivity index (χ3n) is 7.18. The number of nitrogens with zero attached hydrogens (tertiary/aromatic N) is 5. The van der Waals surface area contributed by atoms with Crippen LogP contribution in [0.4, 0.5) is 23.0 Å².